The highest BCUT2D eigenvalue weighted by Crippen LogP contribution is 2.22. The van der Waals surface area contributed by atoms with Gasteiger partial charge in [-0.15, -0.1) is 11.8 Å². The summed E-state index contributed by atoms with van der Waals surface area (Å²) < 4.78 is 18.2. The molecule has 2 atom stereocenters. The summed E-state index contributed by atoms with van der Waals surface area (Å²) in [5.41, 5.74) is 0. The highest BCUT2D eigenvalue weighted by Gasteiger charge is 2.34. The average molecular weight is 384 g/mol. The zero-order valence-corrected chi connectivity index (χ0v) is 15.1. The third kappa shape index (κ3) is 5.35. The molecule has 1 saturated heterocycles. The second-order valence-corrected chi connectivity index (χ2v) is 6.77. The van der Waals surface area contributed by atoms with E-state index in [0.29, 0.717) is 24.5 Å². The van der Waals surface area contributed by atoms with Crippen molar-refractivity contribution in [3.05, 3.63) is 30.1 Å². The van der Waals surface area contributed by atoms with E-state index in [9.17, 15) is 23.9 Å². The van der Waals surface area contributed by atoms with Gasteiger partial charge in [0, 0.05) is 12.2 Å². The van der Waals surface area contributed by atoms with Crippen LogP contribution >= 0.6 is 11.8 Å². The number of ether oxygens (including phenoxy) is 1. The summed E-state index contributed by atoms with van der Waals surface area (Å²) in [5, 5.41) is 11.8. The van der Waals surface area contributed by atoms with Crippen molar-refractivity contribution in [3.63, 3.8) is 0 Å². The Morgan fingerprint density at radius 3 is 2.69 bits per heavy atom. The summed E-state index contributed by atoms with van der Waals surface area (Å²) in [6, 6.07) is 4.32. The molecule has 1 heterocycles. The van der Waals surface area contributed by atoms with Crippen molar-refractivity contribution in [3.8, 4) is 5.75 Å². The van der Waals surface area contributed by atoms with Crippen molar-refractivity contribution in [1.82, 2.24) is 10.2 Å². The molecule has 1 aliphatic heterocycles. The average Bonchev–Trinajstić information content (AvgIpc) is 3.10. The first-order valence-corrected chi connectivity index (χ1v) is 9.37. The van der Waals surface area contributed by atoms with Crippen LogP contribution in [0.5, 0.6) is 5.75 Å². The molecule has 0 spiro atoms. The van der Waals surface area contributed by atoms with Gasteiger partial charge >= 0.3 is 5.97 Å². The monoisotopic (exact) mass is 384 g/mol. The third-order valence-corrected chi connectivity index (χ3v) is 4.81. The number of nitrogens with one attached hydrogen (secondary N) is 1. The van der Waals surface area contributed by atoms with E-state index in [1.54, 1.807) is 0 Å². The molecule has 2 rings (SSSR count). The van der Waals surface area contributed by atoms with Crippen LogP contribution in [-0.2, 0) is 14.4 Å². The van der Waals surface area contributed by atoms with E-state index in [1.807, 2.05) is 6.92 Å². The van der Waals surface area contributed by atoms with Crippen molar-refractivity contribution >= 4 is 29.5 Å². The maximum Gasteiger partial charge on any atom is 0.346 e. The van der Waals surface area contributed by atoms with Crippen molar-refractivity contribution in [2.45, 2.75) is 31.9 Å². The lowest BCUT2D eigenvalue weighted by Gasteiger charge is -2.24. The predicted octanol–water partition coefficient (Wildman–Crippen LogP) is 1.48. The standard InChI is InChI=1S/C17H21FN2O5S/c1-2-3-15(21)20-10-26-9-13(20)16(22)19-8-14(17(23)24)25-12-6-4-11(18)5-7-12/h4-7,13-14H,2-3,8-10H2,1H3,(H,19,22)(H,23,24). The van der Waals surface area contributed by atoms with Crippen LogP contribution < -0.4 is 10.1 Å². The highest BCUT2D eigenvalue weighted by molar-refractivity contribution is 7.99. The molecule has 2 N–H and O–H groups in total. The van der Waals surface area contributed by atoms with E-state index < -0.39 is 29.8 Å². The SMILES string of the molecule is CCCC(=O)N1CSCC1C(=O)NCC(Oc1ccc(F)cc1)C(=O)O. The zero-order chi connectivity index (χ0) is 19.1. The lowest BCUT2D eigenvalue weighted by atomic mass is 10.2. The van der Waals surface area contributed by atoms with Crippen molar-refractivity contribution in [2.75, 3.05) is 18.2 Å². The minimum atomic E-state index is -1.32. The lowest BCUT2D eigenvalue weighted by molar-refractivity contribution is -0.145. The Labute approximate surface area is 154 Å². The Morgan fingerprint density at radius 2 is 2.08 bits per heavy atom. The molecule has 9 heteroatoms. The van der Waals surface area contributed by atoms with Crippen LogP contribution in [0.15, 0.2) is 24.3 Å². The maximum atomic E-state index is 12.9. The molecule has 2 amide bonds. The van der Waals surface area contributed by atoms with Crippen LogP contribution in [0.25, 0.3) is 0 Å². The first-order valence-electron chi connectivity index (χ1n) is 8.22. The number of amides is 2. The number of carboxylic acids is 1. The normalized spacial score (nSPS) is 17.6. The van der Waals surface area contributed by atoms with E-state index in [4.69, 9.17) is 4.74 Å². The molecule has 1 fully saturated rings. The summed E-state index contributed by atoms with van der Waals surface area (Å²) in [6.07, 6.45) is -0.255. The van der Waals surface area contributed by atoms with Gasteiger partial charge in [-0.2, -0.15) is 0 Å². The van der Waals surface area contributed by atoms with Crippen molar-refractivity contribution in [1.29, 1.82) is 0 Å². The summed E-state index contributed by atoms with van der Waals surface area (Å²) in [6.45, 7) is 1.63. The molecule has 0 aromatic heterocycles. The Morgan fingerprint density at radius 1 is 1.38 bits per heavy atom. The number of aliphatic carboxylic acids is 1. The number of carbonyl (C=O) groups excluding carboxylic acids is 2. The van der Waals surface area contributed by atoms with Gasteiger partial charge in [-0.1, -0.05) is 6.92 Å². The van der Waals surface area contributed by atoms with Gasteiger partial charge in [0.25, 0.3) is 0 Å². The molecule has 0 radical (unpaired) electrons. The molecule has 142 valence electrons. The smallest absolute Gasteiger partial charge is 0.346 e. The predicted molar refractivity (Wildman–Crippen MR) is 94.3 cm³/mol. The maximum absolute atomic E-state index is 12.9. The van der Waals surface area contributed by atoms with Crippen LogP contribution in [0.3, 0.4) is 0 Å². The van der Waals surface area contributed by atoms with Gasteiger partial charge in [-0.25, -0.2) is 9.18 Å². The second-order valence-electron chi connectivity index (χ2n) is 5.77. The van der Waals surface area contributed by atoms with E-state index >= 15 is 0 Å². The molecule has 0 saturated carbocycles. The summed E-state index contributed by atoms with van der Waals surface area (Å²) >= 11 is 1.48. The molecule has 2 unspecified atom stereocenters. The van der Waals surface area contributed by atoms with Gasteiger partial charge < -0.3 is 20.1 Å². The van der Waals surface area contributed by atoms with Gasteiger partial charge in [0.05, 0.1) is 12.4 Å². The van der Waals surface area contributed by atoms with Gasteiger partial charge in [0.15, 0.2) is 0 Å². The minimum Gasteiger partial charge on any atom is -0.478 e. The summed E-state index contributed by atoms with van der Waals surface area (Å²) in [7, 11) is 0. The number of thioether (sulfide) groups is 1. The number of nitrogens with zero attached hydrogens (tertiary/aromatic N) is 1. The molecule has 1 aromatic rings. The van der Waals surface area contributed by atoms with Crippen LogP contribution in [0.1, 0.15) is 19.8 Å². The van der Waals surface area contributed by atoms with E-state index in [-0.39, 0.29) is 18.2 Å². The van der Waals surface area contributed by atoms with Crippen molar-refractivity contribution < 1.29 is 28.6 Å². The number of carbonyl (C=O) groups is 3. The number of rotatable bonds is 8. The van der Waals surface area contributed by atoms with Gasteiger partial charge in [-0.05, 0) is 30.7 Å². The Kier molecular flexibility index (Phi) is 7.26. The van der Waals surface area contributed by atoms with Gasteiger partial charge in [0.2, 0.25) is 17.9 Å². The lowest BCUT2D eigenvalue weighted by Crippen LogP contribution is -2.50. The number of halogens is 1. The van der Waals surface area contributed by atoms with E-state index in [2.05, 4.69) is 5.32 Å². The van der Waals surface area contributed by atoms with Gasteiger partial charge in [-0.3, -0.25) is 9.59 Å². The van der Waals surface area contributed by atoms with Crippen LogP contribution in [0, 0.1) is 5.82 Å². The van der Waals surface area contributed by atoms with Crippen LogP contribution in [0.2, 0.25) is 0 Å². The number of hydrogen-bond donors (Lipinski definition) is 2. The fourth-order valence-corrected chi connectivity index (χ4v) is 3.61. The molecule has 0 aliphatic carbocycles. The van der Waals surface area contributed by atoms with Gasteiger partial charge in [0.1, 0.15) is 17.6 Å². The molecule has 26 heavy (non-hydrogen) atoms. The minimum absolute atomic E-state index is 0.0880. The fraction of sp³-hybridized carbons (Fsp3) is 0.471. The summed E-state index contributed by atoms with van der Waals surface area (Å²) in [5.74, 6) is -1.11. The van der Waals surface area contributed by atoms with Crippen molar-refractivity contribution in [2.24, 2.45) is 0 Å². The quantitative estimate of drug-likeness (QED) is 0.705. The molecular formula is C17H21FN2O5S. The molecule has 1 aliphatic rings. The van der Waals surface area contributed by atoms with E-state index in [1.165, 1.54) is 28.8 Å². The number of carboxylic acid groups (broad SMARTS) is 1. The zero-order valence-electron chi connectivity index (χ0n) is 14.3. The first-order chi connectivity index (χ1) is 12.4. The Hall–Kier alpha value is -2.29. The topological polar surface area (TPSA) is 95.9 Å². The number of hydrogen-bond acceptors (Lipinski definition) is 5. The summed E-state index contributed by atoms with van der Waals surface area (Å²) in [4.78, 5) is 37.3. The fourth-order valence-electron chi connectivity index (χ4n) is 2.43. The highest BCUT2D eigenvalue weighted by atomic mass is 32.2. The second kappa shape index (κ2) is 9.42. The molecule has 7 nitrogen and oxygen atoms in total. The molecule has 1 aromatic carbocycles. The van der Waals surface area contributed by atoms with Crippen LogP contribution in [-0.4, -0.2) is 58.1 Å². The largest absolute Gasteiger partial charge is 0.478 e. The third-order valence-electron chi connectivity index (χ3n) is 3.80. The van der Waals surface area contributed by atoms with E-state index in [0.717, 1.165) is 12.1 Å². The van der Waals surface area contributed by atoms with Crippen LogP contribution in [0.4, 0.5) is 4.39 Å². The Balaban J connectivity index is 1.93. The first kappa shape index (κ1) is 20.0. The molecular weight excluding hydrogens is 363 g/mol. The number of benzene rings is 1. The molecule has 0 bridgehead atoms. The Bertz CT molecular complexity index is 655.